The molecule has 0 aliphatic carbocycles. The number of aromatic nitrogens is 2. The molecule has 0 aliphatic heterocycles. The number of urea groups is 1. The first kappa shape index (κ1) is 22.2. The molecule has 7 nitrogen and oxygen atoms in total. The van der Waals surface area contributed by atoms with Gasteiger partial charge >= 0.3 is 6.03 Å². The van der Waals surface area contributed by atoms with Crippen molar-refractivity contribution in [2.75, 3.05) is 5.32 Å². The molecule has 3 rings (SSSR count). The molecule has 2 aromatic heterocycles. The Morgan fingerprint density at radius 1 is 1.13 bits per heavy atom. The Hall–Kier alpha value is -3.48. The van der Waals surface area contributed by atoms with Crippen molar-refractivity contribution in [2.45, 2.75) is 40.5 Å². The molecule has 31 heavy (non-hydrogen) atoms. The maximum Gasteiger partial charge on any atom is 0.325 e. The zero-order chi connectivity index (χ0) is 22.7. The Balaban J connectivity index is 1.92. The number of imide groups is 1. The topological polar surface area (TPSA) is 93.1 Å². The first-order valence-corrected chi connectivity index (χ1v) is 10.4. The lowest BCUT2D eigenvalue weighted by atomic mass is 9.99. The Morgan fingerprint density at radius 3 is 2.58 bits per heavy atom. The van der Waals surface area contributed by atoms with Crippen LogP contribution < -0.4 is 16.2 Å². The number of hydrogen-bond donors (Lipinski definition) is 2. The average Bonchev–Trinajstić information content (AvgIpc) is 2.72. The van der Waals surface area contributed by atoms with Gasteiger partial charge in [-0.1, -0.05) is 26.3 Å². The van der Waals surface area contributed by atoms with E-state index in [2.05, 4.69) is 15.6 Å². The molecule has 2 N–H and O–H groups in total. The number of nitrogens with zero attached hydrogens (tertiary/aromatic N) is 2. The molecule has 7 heteroatoms. The maximum atomic E-state index is 13.1. The monoisotopic (exact) mass is 420 g/mol. The standard InChI is InChI=1S/C24H28N4O3/c1-6-7-15(3)22(29)27-24(31)26-18-9-8-14(2)19(12-18)20-11-17-13-25-16(4)10-21(17)28(5)23(20)30/h8-13,15H,6-7H2,1-5H3,(H2,26,27,29,31). The Morgan fingerprint density at radius 2 is 1.87 bits per heavy atom. The van der Waals surface area contributed by atoms with Crippen molar-refractivity contribution in [1.29, 1.82) is 0 Å². The van der Waals surface area contributed by atoms with E-state index in [4.69, 9.17) is 0 Å². The third-order valence-electron chi connectivity index (χ3n) is 5.44. The van der Waals surface area contributed by atoms with Gasteiger partial charge in [0.05, 0.1) is 5.52 Å². The largest absolute Gasteiger partial charge is 0.325 e. The van der Waals surface area contributed by atoms with Gasteiger partial charge in [-0.15, -0.1) is 0 Å². The molecular weight excluding hydrogens is 392 g/mol. The molecular formula is C24H28N4O3. The van der Waals surface area contributed by atoms with Crippen LogP contribution in [-0.2, 0) is 11.8 Å². The van der Waals surface area contributed by atoms with Gasteiger partial charge in [-0.05, 0) is 55.7 Å². The van der Waals surface area contributed by atoms with Gasteiger partial charge in [-0.2, -0.15) is 0 Å². The minimum Gasteiger partial charge on any atom is -0.311 e. The van der Waals surface area contributed by atoms with Crippen molar-refractivity contribution in [3.63, 3.8) is 0 Å². The normalized spacial score (nSPS) is 11.9. The summed E-state index contributed by atoms with van der Waals surface area (Å²) in [5.74, 6) is -0.542. The van der Waals surface area contributed by atoms with Crippen LogP contribution in [0.2, 0.25) is 0 Å². The fraction of sp³-hybridized carbons (Fsp3) is 0.333. The highest BCUT2D eigenvalue weighted by molar-refractivity contribution is 6.02. The molecule has 1 aromatic carbocycles. The van der Waals surface area contributed by atoms with E-state index < -0.39 is 6.03 Å². The van der Waals surface area contributed by atoms with Crippen LogP contribution in [0.15, 0.2) is 41.3 Å². The van der Waals surface area contributed by atoms with Crippen LogP contribution in [0.4, 0.5) is 10.5 Å². The summed E-state index contributed by atoms with van der Waals surface area (Å²) < 4.78 is 1.61. The van der Waals surface area contributed by atoms with Gasteiger partial charge in [-0.3, -0.25) is 19.9 Å². The molecule has 0 aliphatic rings. The van der Waals surface area contributed by atoms with Crippen LogP contribution in [0.25, 0.3) is 22.0 Å². The zero-order valence-electron chi connectivity index (χ0n) is 18.6. The Labute approximate surface area is 181 Å². The van der Waals surface area contributed by atoms with Crippen LogP contribution in [-0.4, -0.2) is 21.5 Å². The van der Waals surface area contributed by atoms with Gasteiger partial charge in [0, 0.05) is 41.5 Å². The van der Waals surface area contributed by atoms with E-state index in [1.54, 1.807) is 36.9 Å². The molecule has 0 spiro atoms. The van der Waals surface area contributed by atoms with E-state index in [-0.39, 0.29) is 17.4 Å². The first-order valence-electron chi connectivity index (χ1n) is 10.4. The highest BCUT2D eigenvalue weighted by Gasteiger charge is 2.16. The Bertz CT molecular complexity index is 1210. The summed E-state index contributed by atoms with van der Waals surface area (Å²) in [5, 5.41) is 5.92. The predicted octanol–water partition coefficient (Wildman–Crippen LogP) is 4.30. The van der Waals surface area contributed by atoms with Gasteiger partial charge in [0.2, 0.25) is 5.91 Å². The van der Waals surface area contributed by atoms with Gasteiger partial charge in [0.15, 0.2) is 0 Å². The molecule has 1 atom stereocenters. The number of carbonyl (C=O) groups is 2. The molecule has 1 unspecified atom stereocenters. The number of hydrogen-bond acceptors (Lipinski definition) is 4. The fourth-order valence-electron chi connectivity index (χ4n) is 3.61. The summed E-state index contributed by atoms with van der Waals surface area (Å²) in [5.41, 5.74) is 4.15. The number of amides is 3. The lowest BCUT2D eigenvalue weighted by molar-refractivity contribution is -0.123. The fourth-order valence-corrected chi connectivity index (χ4v) is 3.61. The van der Waals surface area contributed by atoms with Crippen molar-refractivity contribution in [1.82, 2.24) is 14.9 Å². The third kappa shape index (κ3) is 4.82. The average molecular weight is 421 g/mol. The summed E-state index contributed by atoms with van der Waals surface area (Å²) in [6.07, 6.45) is 3.34. The molecule has 3 aromatic rings. The highest BCUT2D eigenvalue weighted by Crippen LogP contribution is 2.26. The van der Waals surface area contributed by atoms with Crippen molar-refractivity contribution in [3.05, 3.63) is 58.1 Å². The molecule has 162 valence electrons. The maximum absolute atomic E-state index is 13.1. The molecule has 3 amide bonds. The number of anilines is 1. The number of aryl methyl sites for hydroxylation is 3. The SMILES string of the molecule is CCCC(C)C(=O)NC(=O)Nc1ccc(C)c(-c2cc3cnc(C)cc3n(C)c2=O)c1. The van der Waals surface area contributed by atoms with Crippen LogP contribution in [0, 0.1) is 19.8 Å². The number of benzene rings is 1. The lowest BCUT2D eigenvalue weighted by Gasteiger charge is -2.14. The summed E-state index contributed by atoms with van der Waals surface area (Å²) in [6, 6.07) is 8.45. The number of carbonyl (C=O) groups excluding carboxylic acids is 2. The zero-order valence-corrected chi connectivity index (χ0v) is 18.6. The van der Waals surface area contributed by atoms with Crippen LogP contribution >= 0.6 is 0 Å². The molecule has 0 saturated heterocycles. The third-order valence-corrected chi connectivity index (χ3v) is 5.44. The van der Waals surface area contributed by atoms with Gasteiger partial charge in [0.25, 0.3) is 5.56 Å². The van der Waals surface area contributed by atoms with Gasteiger partial charge in [0.1, 0.15) is 0 Å². The minimum atomic E-state index is -0.589. The molecule has 0 saturated carbocycles. The second-order valence-electron chi connectivity index (χ2n) is 7.97. The van der Waals surface area contributed by atoms with Crippen LogP contribution in [0.3, 0.4) is 0 Å². The number of fused-ring (bicyclic) bond motifs is 1. The van der Waals surface area contributed by atoms with Crippen molar-refractivity contribution < 1.29 is 9.59 Å². The van der Waals surface area contributed by atoms with Gasteiger partial charge < -0.3 is 9.88 Å². The quantitative estimate of drug-likeness (QED) is 0.643. The highest BCUT2D eigenvalue weighted by atomic mass is 16.2. The number of nitrogens with one attached hydrogen (secondary N) is 2. The van der Waals surface area contributed by atoms with Crippen LogP contribution in [0.1, 0.15) is 37.9 Å². The van der Waals surface area contributed by atoms with E-state index in [1.807, 2.05) is 39.0 Å². The summed E-state index contributed by atoms with van der Waals surface area (Å²) >= 11 is 0. The summed E-state index contributed by atoms with van der Waals surface area (Å²) in [6.45, 7) is 7.58. The molecule has 0 fully saturated rings. The number of pyridine rings is 2. The second kappa shape index (κ2) is 9.12. The number of rotatable bonds is 5. The molecule has 0 bridgehead atoms. The van der Waals surface area contributed by atoms with E-state index in [9.17, 15) is 14.4 Å². The van der Waals surface area contributed by atoms with E-state index >= 15 is 0 Å². The van der Waals surface area contributed by atoms with Crippen molar-refractivity contribution >= 4 is 28.5 Å². The molecule has 2 heterocycles. The lowest BCUT2D eigenvalue weighted by Crippen LogP contribution is -2.37. The van der Waals surface area contributed by atoms with Crippen LogP contribution in [0.5, 0.6) is 0 Å². The van der Waals surface area contributed by atoms with E-state index in [0.29, 0.717) is 23.2 Å². The Kier molecular flexibility index (Phi) is 6.53. The molecule has 0 radical (unpaired) electrons. The second-order valence-corrected chi connectivity index (χ2v) is 7.97. The van der Waals surface area contributed by atoms with E-state index in [0.717, 1.165) is 28.6 Å². The van der Waals surface area contributed by atoms with Crippen molar-refractivity contribution in [3.8, 4) is 11.1 Å². The smallest absolute Gasteiger partial charge is 0.311 e. The van der Waals surface area contributed by atoms with Gasteiger partial charge in [-0.25, -0.2) is 4.79 Å². The first-order chi connectivity index (χ1) is 14.7. The summed E-state index contributed by atoms with van der Waals surface area (Å²) in [7, 11) is 1.74. The summed E-state index contributed by atoms with van der Waals surface area (Å²) in [4.78, 5) is 41.8. The minimum absolute atomic E-state index is 0.133. The van der Waals surface area contributed by atoms with Crippen molar-refractivity contribution in [2.24, 2.45) is 13.0 Å². The predicted molar refractivity (Wildman–Crippen MR) is 123 cm³/mol. The van der Waals surface area contributed by atoms with E-state index in [1.165, 1.54) is 0 Å².